The SMILES string of the molecule is CNc1cc(C)cc(CF)c1. The molecule has 0 aliphatic rings. The summed E-state index contributed by atoms with van der Waals surface area (Å²) in [6.45, 7) is 1.57. The molecule has 0 bridgehead atoms. The molecule has 1 N–H and O–H groups in total. The number of hydrogen-bond acceptors (Lipinski definition) is 1. The fourth-order valence-corrected chi connectivity index (χ4v) is 1.08. The Morgan fingerprint density at radius 1 is 1.36 bits per heavy atom. The molecule has 60 valence electrons. The van der Waals surface area contributed by atoms with Gasteiger partial charge in [-0.1, -0.05) is 6.07 Å². The molecule has 0 unspecified atom stereocenters. The number of rotatable bonds is 2. The lowest BCUT2D eigenvalue weighted by Crippen LogP contribution is -1.90. The highest BCUT2D eigenvalue weighted by Crippen LogP contribution is 2.14. The van der Waals surface area contributed by atoms with E-state index >= 15 is 0 Å². The van der Waals surface area contributed by atoms with Gasteiger partial charge in [-0.05, 0) is 30.2 Å². The predicted molar refractivity (Wildman–Crippen MR) is 45.5 cm³/mol. The van der Waals surface area contributed by atoms with Crippen molar-refractivity contribution in [1.82, 2.24) is 0 Å². The first-order chi connectivity index (χ1) is 5.26. The Bertz CT molecular complexity index is 223. The van der Waals surface area contributed by atoms with E-state index in [2.05, 4.69) is 5.32 Å². The van der Waals surface area contributed by atoms with Crippen LogP contribution < -0.4 is 5.32 Å². The van der Waals surface area contributed by atoms with Crippen molar-refractivity contribution in [3.63, 3.8) is 0 Å². The van der Waals surface area contributed by atoms with Gasteiger partial charge in [-0.25, -0.2) is 4.39 Å². The van der Waals surface area contributed by atoms with Crippen molar-refractivity contribution < 1.29 is 4.39 Å². The first-order valence-electron chi connectivity index (χ1n) is 3.60. The number of aryl methyl sites for hydroxylation is 1. The maximum atomic E-state index is 12.2. The van der Waals surface area contributed by atoms with Crippen molar-refractivity contribution >= 4 is 5.69 Å². The van der Waals surface area contributed by atoms with E-state index in [9.17, 15) is 4.39 Å². The topological polar surface area (TPSA) is 12.0 Å². The third-order valence-electron chi connectivity index (χ3n) is 1.58. The summed E-state index contributed by atoms with van der Waals surface area (Å²) >= 11 is 0. The van der Waals surface area contributed by atoms with Crippen LogP contribution in [0.15, 0.2) is 18.2 Å². The summed E-state index contributed by atoms with van der Waals surface area (Å²) < 4.78 is 12.2. The summed E-state index contributed by atoms with van der Waals surface area (Å²) in [6, 6.07) is 5.65. The molecule has 0 aliphatic carbocycles. The lowest BCUT2D eigenvalue weighted by Gasteiger charge is -2.03. The lowest BCUT2D eigenvalue weighted by atomic mass is 10.1. The van der Waals surface area contributed by atoms with E-state index in [0.717, 1.165) is 16.8 Å². The summed E-state index contributed by atoms with van der Waals surface area (Å²) in [5.41, 5.74) is 2.79. The molecule has 0 radical (unpaired) electrons. The highest BCUT2D eigenvalue weighted by Gasteiger charge is 1.95. The maximum absolute atomic E-state index is 12.2. The van der Waals surface area contributed by atoms with Crippen molar-refractivity contribution in [3.8, 4) is 0 Å². The normalized spacial score (nSPS) is 9.73. The van der Waals surface area contributed by atoms with Crippen LogP contribution in [0, 0.1) is 6.92 Å². The highest BCUT2D eigenvalue weighted by molar-refractivity contribution is 5.47. The minimum absolute atomic E-state index is 0.393. The van der Waals surface area contributed by atoms with Gasteiger partial charge in [0.15, 0.2) is 0 Å². The Labute approximate surface area is 66.2 Å². The smallest absolute Gasteiger partial charge is 0.115 e. The van der Waals surface area contributed by atoms with Crippen LogP contribution in [0.1, 0.15) is 11.1 Å². The molecular weight excluding hydrogens is 141 g/mol. The van der Waals surface area contributed by atoms with Gasteiger partial charge in [0.1, 0.15) is 6.67 Å². The zero-order valence-electron chi connectivity index (χ0n) is 6.82. The molecular formula is C9H12FN. The van der Waals surface area contributed by atoms with E-state index in [4.69, 9.17) is 0 Å². The molecule has 0 aliphatic heterocycles. The van der Waals surface area contributed by atoms with Crippen LogP contribution in [0.4, 0.5) is 10.1 Å². The molecule has 0 amide bonds. The number of halogens is 1. The molecule has 1 nitrogen and oxygen atoms in total. The summed E-state index contributed by atoms with van der Waals surface area (Å²) in [5, 5.41) is 2.98. The number of nitrogens with one attached hydrogen (secondary N) is 1. The van der Waals surface area contributed by atoms with Gasteiger partial charge in [-0.2, -0.15) is 0 Å². The molecule has 0 atom stereocenters. The number of alkyl halides is 1. The standard InChI is InChI=1S/C9H12FN/c1-7-3-8(6-10)5-9(4-7)11-2/h3-5,11H,6H2,1-2H3. The minimum Gasteiger partial charge on any atom is -0.388 e. The van der Waals surface area contributed by atoms with Gasteiger partial charge < -0.3 is 5.32 Å². The zero-order chi connectivity index (χ0) is 8.27. The van der Waals surface area contributed by atoms with Gasteiger partial charge in [-0.3, -0.25) is 0 Å². The molecule has 0 spiro atoms. The van der Waals surface area contributed by atoms with Gasteiger partial charge in [0.05, 0.1) is 0 Å². The molecule has 1 aromatic carbocycles. The number of anilines is 1. The molecule has 2 heteroatoms. The van der Waals surface area contributed by atoms with Crippen LogP contribution >= 0.6 is 0 Å². The second-order valence-electron chi connectivity index (χ2n) is 2.59. The summed E-state index contributed by atoms with van der Waals surface area (Å²) in [6.07, 6.45) is 0. The van der Waals surface area contributed by atoms with Gasteiger partial charge >= 0.3 is 0 Å². The second-order valence-corrected chi connectivity index (χ2v) is 2.59. The van der Waals surface area contributed by atoms with Gasteiger partial charge in [0.2, 0.25) is 0 Å². The molecule has 1 aromatic rings. The van der Waals surface area contributed by atoms with E-state index in [1.807, 2.05) is 32.2 Å². The van der Waals surface area contributed by atoms with Crippen molar-refractivity contribution in [2.75, 3.05) is 12.4 Å². The van der Waals surface area contributed by atoms with Gasteiger partial charge in [0.25, 0.3) is 0 Å². The molecule has 0 saturated carbocycles. The Hall–Kier alpha value is -1.05. The largest absolute Gasteiger partial charge is 0.388 e. The Morgan fingerprint density at radius 2 is 2.09 bits per heavy atom. The predicted octanol–water partition coefficient (Wildman–Crippen LogP) is 2.51. The van der Waals surface area contributed by atoms with Crippen LogP contribution in [-0.4, -0.2) is 7.05 Å². The third kappa shape index (κ3) is 1.93. The fourth-order valence-electron chi connectivity index (χ4n) is 1.08. The Balaban J connectivity index is 3.02. The Kier molecular flexibility index (Phi) is 2.47. The van der Waals surface area contributed by atoms with Gasteiger partial charge in [-0.15, -0.1) is 0 Å². The molecule has 0 fully saturated rings. The van der Waals surface area contributed by atoms with Crippen LogP contribution in [0.5, 0.6) is 0 Å². The quantitative estimate of drug-likeness (QED) is 0.688. The van der Waals surface area contributed by atoms with E-state index in [1.165, 1.54) is 0 Å². The molecule has 0 saturated heterocycles. The Morgan fingerprint density at radius 3 is 2.64 bits per heavy atom. The lowest BCUT2D eigenvalue weighted by molar-refractivity contribution is 0.485. The molecule has 0 aromatic heterocycles. The first-order valence-corrected chi connectivity index (χ1v) is 3.60. The van der Waals surface area contributed by atoms with Crippen LogP contribution in [0.2, 0.25) is 0 Å². The summed E-state index contributed by atoms with van der Waals surface area (Å²) in [5.74, 6) is 0. The van der Waals surface area contributed by atoms with E-state index in [1.54, 1.807) is 0 Å². The van der Waals surface area contributed by atoms with E-state index < -0.39 is 6.67 Å². The van der Waals surface area contributed by atoms with Crippen molar-refractivity contribution in [2.45, 2.75) is 13.6 Å². The molecule has 1 rings (SSSR count). The average Bonchev–Trinajstić information content (AvgIpc) is 2.03. The van der Waals surface area contributed by atoms with Crippen LogP contribution in [0.25, 0.3) is 0 Å². The van der Waals surface area contributed by atoms with Crippen LogP contribution in [-0.2, 0) is 6.67 Å². The fraction of sp³-hybridized carbons (Fsp3) is 0.333. The molecule has 11 heavy (non-hydrogen) atoms. The number of benzene rings is 1. The van der Waals surface area contributed by atoms with Crippen LogP contribution in [0.3, 0.4) is 0 Å². The third-order valence-corrected chi connectivity index (χ3v) is 1.58. The van der Waals surface area contributed by atoms with E-state index in [-0.39, 0.29) is 0 Å². The highest BCUT2D eigenvalue weighted by atomic mass is 19.1. The van der Waals surface area contributed by atoms with Crippen molar-refractivity contribution in [3.05, 3.63) is 29.3 Å². The average molecular weight is 153 g/mol. The van der Waals surface area contributed by atoms with E-state index in [0.29, 0.717) is 0 Å². The maximum Gasteiger partial charge on any atom is 0.115 e. The second kappa shape index (κ2) is 3.37. The first kappa shape index (κ1) is 8.05. The van der Waals surface area contributed by atoms with Crippen molar-refractivity contribution in [2.24, 2.45) is 0 Å². The molecule has 0 heterocycles. The van der Waals surface area contributed by atoms with Crippen molar-refractivity contribution in [1.29, 1.82) is 0 Å². The summed E-state index contributed by atoms with van der Waals surface area (Å²) in [4.78, 5) is 0. The number of hydrogen-bond donors (Lipinski definition) is 1. The van der Waals surface area contributed by atoms with Gasteiger partial charge in [0, 0.05) is 12.7 Å². The minimum atomic E-state index is -0.393. The zero-order valence-corrected chi connectivity index (χ0v) is 6.82. The summed E-state index contributed by atoms with van der Waals surface area (Å²) in [7, 11) is 1.83. The monoisotopic (exact) mass is 153 g/mol.